The fourth-order valence-corrected chi connectivity index (χ4v) is 4.75. The van der Waals surface area contributed by atoms with Crippen LogP contribution in [0.5, 0.6) is 0 Å². The summed E-state index contributed by atoms with van der Waals surface area (Å²) in [6.07, 6.45) is 0.969. The maximum absolute atomic E-state index is 13.2. The molecule has 2 heterocycles. The highest BCUT2D eigenvalue weighted by Crippen LogP contribution is 2.30. The van der Waals surface area contributed by atoms with E-state index in [-0.39, 0.29) is 23.3 Å². The fraction of sp³-hybridized carbons (Fsp3) is 0.250. The Morgan fingerprint density at radius 1 is 0.824 bits per heavy atom. The van der Waals surface area contributed by atoms with Crippen molar-refractivity contribution < 1.29 is 14.4 Å². The fourth-order valence-electron chi connectivity index (χ4n) is 4.75. The smallest absolute Gasteiger partial charge is 0.266 e. The number of para-hydroxylation sites is 1. The molecule has 34 heavy (non-hydrogen) atoms. The van der Waals surface area contributed by atoms with Crippen molar-refractivity contribution in [1.82, 2.24) is 4.90 Å². The molecule has 0 N–H and O–H groups in total. The van der Waals surface area contributed by atoms with E-state index in [1.54, 1.807) is 30.3 Å². The van der Waals surface area contributed by atoms with E-state index >= 15 is 0 Å². The van der Waals surface area contributed by atoms with Gasteiger partial charge in [-0.3, -0.25) is 14.4 Å². The van der Waals surface area contributed by atoms with Gasteiger partial charge in [0.15, 0.2) is 0 Å². The van der Waals surface area contributed by atoms with Crippen LogP contribution in [0, 0.1) is 6.92 Å². The second-order valence-electron chi connectivity index (χ2n) is 8.80. The molecule has 0 unspecified atom stereocenters. The number of fused-ring (bicyclic) bond motifs is 1. The molecule has 1 fully saturated rings. The van der Waals surface area contributed by atoms with Crippen LogP contribution in [0.1, 0.15) is 49.1 Å². The number of imide groups is 1. The molecule has 5 rings (SSSR count). The van der Waals surface area contributed by atoms with E-state index in [1.807, 2.05) is 24.0 Å². The molecule has 172 valence electrons. The Balaban J connectivity index is 1.32. The van der Waals surface area contributed by atoms with Gasteiger partial charge in [0.05, 0.1) is 16.8 Å². The molecular formula is C28H27N3O3. The number of rotatable bonds is 4. The molecule has 0 radical (unpaired) electrons. The van der Waals surface area contributed by atoms with E-state index in [4.69, 9.17) is 0 Å². The second kappa shape index (κ2) is 8.78. The predicted octanol–water partition coefficient (Wildman–Crippen LogP) is 4.32. The molecule has 2 aliphatic heterocycles. The highest BCUT2D eigenvalue weighted by atomic mass is 16.2. The van der Waals surface area contributed by atoms with E-state index in [1.165, 1.54) is 16.2 Å². The number of carbonyl (C=O) groups is 3. The van der Waals surface area contributed by atoms with Crippen LogP contribution in [0.3, 0.4) is 0 Å². The summed E-state index contributed by atoms with van der Waals surface area (Å²) in [5.41, 5.74) is 5.18. The Morgan fingerprint density at radius 2 is 1.50 bits per heavy atom. The summed E-state index contributed by atoms with van der Waals surface area (Å²) in [6, 6.07) is 20.5. The Labute approximate surface area is 199 Å². The predicted molar refractivity (Wildman–Crippen MR) is 133 cm³/mol. The van der Waals surface area contributed by atoms with Gasteiger partial charge in [-0.25, -0.2) is 4.90 Å². The van der Waals surface area contributed by atoms with E-state index < -0.39 is 0 Å². The summed E-state index contributed by atoms with van der Waals surface area (Å²) in [5.74, 6) is -0.856. The normalized spacial score (nSPS) is 15.6. The molecule has 0 saturated carbocycles. The quantitative estimate of drug-likeness (QED) is 0.552. The van der Waals surface area contributed by atoms with Crippen molar-refractivity contribution in [3.8, 4) is 0 Å². The summed E-state index contributed by atoms with van der Waals surface area (Å²) >= 11 is 0. The third kappa shape index (κ3) is 3.75. The number of aryl methyl sites for hydroxylation is 2. The second-order valence-corrected chi connectivity index (χ2v) is 8.80. The summed E-state index contributed by atoms with van der Waals surface area (Å²) in [4.78, 5) is 44.6. The number of benzene rings is 3. The van der Waals surface area contributed by atoms with Crippen molar-refractivity contribution in [2.75, 3.05) is 36.0 Å². The number of hydrogen-bond acceptors (Lipinski definition) is 4. The zero-order chi connectivity index (χ0) is 23.8. The van der Waals surface area contributed by atoms with Crippen LogP contribution in [0.15, 0.2) is 66.7 Å². The molecule has 2 aliphatic rings. The lowest BCUT2D eigenvalue weighted by Gasteiger charge is -2.37. The summed E-state index contributed by atoms with van der Waals surface area (Å²) in [6.45, 7) is 6.83. The topological polar surface area (TPSA) is 60.9 Å². The molecule has 6 heteroatoms. The van der Waals surface area contributed by atoms with Gasteiger partial charge in [-0.15, -0.1) is 0 Å². The van der Waals surface area contributed by atoms with Gasteiger partial charge in [0.2, 0.25) is 0 Å². The third-order valence-electron chi connectivity index (χ3n) is 6.71. The van der Waals surface area contributed by atoms with Crippen molar-refractivity contribution in [2.24, 2.45) is 0 Å². The van der Waals surface area contributed by atoms with E-state index in [9.17, 15) is 14.4 Å². The molecule has 3 amide bonds. The standard InChI is InChI=1S/C28H27N3O3/c1-3-20-6-4-5-7-25(20)29-14-16-30(17-15-29)26(32)21-10-13-23-24(18-21)28(34)31(27(23)33)22-11-8-19(2)9-12-22/h4-13,18H,3,14-17H2,1-2H3. The lowest BCUT2D eigenvalue weighted by Crippen LogP contribution is -2.49. The van der Waals surface area contributed by atoms with Gasteiger partial charge in [0.25, 0.3) is 17.7 Å². The summed E-state index contributed by atoms with van der Waals surface area (Å²) in [5, 5.41) is 0. The average Bonchev–Trinajstić information content (AvgIpc) is 3.13. The summed E-state index contributed by atoms with van der Waals surface area (Å²) < 4.78 is 0. The van der Waals surface area contributed by atoms with Crippen LogP contribution in [0.2, 0.25) is 0 Å². The first kappa shape index (κ1) is 21.9. The molecule has 6 nitrogen and oxygen atoms in total. The molecule has 0 atom stereocenters. The van der Waals surface area contributed by atoms with Crippen molar-refractivity contribution in [1.29, 1.82) is 0 Å². The van der Waals surface area contributed by atoms with Gasteiger partial charge in [-0.1, -0.05) is 42.8 Å². The molecule has 0 aliphatic carbocycles. The number of piperazine rings is 1. The van der Waals surface area contributed by atoms with Crippen molar-refractivity contribution >= 4 is 29.1 Å². The average molecular weight is 454 g/mol. The Morgan fingerprint density at radius 3 is 2.21 bits per heavy atom. The van der Waals surface area contributed by atoms with Crippen LogP contribution >= 0.6 is 0 Å². The van der Waals surface area contributed by atoms with Crippen LogP contribution in [0.4, 0.5) is 11.4 Å². The Hall–Kier alpha value is -3.93. The summed E-state index contributed by atoms with van der Waals surface area (Å²) in [7, 11) is 0. The van der Waals surface area contributed by atoms with Gasteiger partial charge in [-0.05, 0) is 55.3 Å². The lowest BCUT2D eigenvalue weighted by atomic mass is 10.0. The number of amides is 3. The molecule has 1 saturated heterocycles. The number of nitrogens with zero attached hydrogens (tertiary/aromatic N) is 3. The van der Waals surface area contributed by atoms with Crippen molar-refractivity contribution in [3.05, 3.63) is 94.5 Å². The van der Waals surface area contributed by atoms with Gasteiger partial charge in [-0.2, -0.15) is 0 Å². The van der Waals surface area contributed by atoms with Crippen molar-refractivity contribution in [2.45, 2.75) is 20.3 Å². The maximum Gasteiger partial charge on any atom is 0.266 e. The van der Waals surface area contributed by atoms with E-state index in [0.29, 0.717) is 29.9 Å². The molecule has 3 aromatic rings. The van der Waals surface area contributed by atoms with Crippen LogP contribution < -0.4 is 9.80 Å². The number of carbonyl (C=O) groups excluding carboxylic acids is 3. The van der Waals surface area contributed by atoms with Crippen LogP contribution in [-0.2, 0) is 6.42 Å². The van der Waals surface area contributed by atoms with Gasteiger partial charge in [0.1, 0.15) is 0 Å². The van der Waals surface area contributed by atoms with Crippen LogP contribution in [0.25, 0.3) is 0 Å². The number of anilines is 2. The van der Waals surface area contributed by atoms with Gasteiger partial charge >= 0.3 is 0 Å². The first-order valence-corrected chi connectivity index (χ1v) is 11.7. The minimum Gasteiger partial charge on any atom is -0.368 e. The highest BCUT2D eigenvalue weighted by molar-refractivity contribution is 6.34. The maximum atomic E-state index is 13.2. The SMILES string of the molecule is CCc1ccccc1N1CCN(C(=O)c2ccc3c(c2)C(=O)N(c2ccc(C)cc2)C3=O)CC1. The highest BCUT2D eigenvalue weighted by Gasteiger charge is 2.37. The van der Waals surface area contributed by atoms with Gasteiger partial charge in [0, 0.05) is 37.4 Å². The first-order valence-electron chi connectivity index (χ1n) is 11.7. The largest absolute Gasteiger partial charge is 0.368 e. The Kier molecular flexibility index (Phi) is 5.65. The molecule has 0 bridgehead atoms. The molecule has 3 aromatic carbocycles. The zero-order valence-electron chi connectivity index (χ0n) is 19.5. The van der Waals surface area contributed by atoms with Gasteiger partial charge < -0.3 is 9.80 Å². The van der Waals surface area contributed by atoms with E-state index in [0.717, 1.165) is 25.1 Å². The third-order valence-corrected chi connectivity index (χ3v) is 6.71. The minimum atomic E-state index is -0.389. The molecular weight excluding hydrogens is 426 g/mol. The van der Waals surface area contributed by atoms with Crippen LogP contribution in [-0.4, -0.2) is 48.8 Å². The molecule has 0 spiro atoms. The van der Waals surface area contributed by atoms with E-state index in [2.05, 4.69) is 36.1 Å². The van der Waals surface area contributed by atoms with Crippen molar-refractivity contribution in [3.63, 3.8) is 0 Å². The first-order chi connectivity index (χ1) is 16.5. The monoisotopic (exact) mass is 453 g/mol. The lowest BCUT2D eigenvalue weighted by molar-refractivity contribution is 0.0746. The number of hydrogen-bond donors (Lipinski definition) is 0. The minimum absolute atomic E-state index is 0.111. The Bertz CT molecular complexity index is 1270. The molecule has 0 aromatic heterocycles. The zero-order valence-corrected chi connectivity index (χ0v) is 19.5.